The molecule has 0 aromatic rings. The maximum atomic E-state index is 4.15. The fourth-order valence-corrected chi connectivity index (χ4v) is 1.54. The third-order valence-corrected chi connectivity index (χ3v) is 2.06. The predicted molar refractivity (Wildman–Crippen MR) is 47.3 cm³/mol. The minimum Gasteiger partial charge on any atom is -0.323 e. The zero-order chi connectivity index (χ0) is 6.10. The van der Waals surface area contributed by atoms with Crippen molar-refractivity contribution in [2.75, 3.05) is 6.54 Å². The molecule has 0 radical (unpaired) electrons. The van der Waals surface area contributed by atoms with Crippen LogP contribution in [0.3, 0.4) is 0 Å². The van der Waals surface area contributed by atoms with E-state index in [-0.39, 0.29) is 12.4 Å². The number of aliphatic imine (C=N–C) groups is 1. The maximum absolute atomic E-state index is 4.15. The van der Waals surface area contributed by atoms with Crippen LogP contribution in [0, 0.1) is 0 Å². The van der Waals surface area contributed by atoms with Crippen molar-refractivity contribution in [2.45, 2.75) is 0 Å². The van der Waals surface area contributed by atoms with E-state index in [1.54, 1.807) is 11.8 Å². The van der Waals surface area contributed by atoms with Crippen molar-refractivity contribution in [2.24, 2.45) is 4.99 Å². The lowest BCUT2D eigenvalue weighted by molar-refractivity contribution is 0.632. The molecule has 0 aromatic carbocycles. The number of rotatable bonds is 0. The van der Waals surface area contributed by atoms with Crippen LogP contribution in [-0.4, -0.2) is 16.6 Å². The van der Waals surface area contributed by atoms with E-state index in [9.17, 15) is 0 Å². The Hall–Kier alpha value is -0.410. The number of fused-ring (bicyclic) bond motifs is 1. The summed E-state index contributed by atoms with van der Waals surface area (Å²) in [6.45, 7) is 0.975. The lowest BCUT2D eigenvalue weighted by Crippen LogP contribution is -2.21. The molecule has 0 aromatic heterocycles. The molecule has 0 bridgehead atoms. The van der Waals surface area contributed by atoms with Gasteiger partial charge in [0.1, 0.15) is 0 Å². The van der Waals surface area contributed by atoms with E-state index in [1.807, 2.05) is 23.9 Å². The SMILES string of the molecule is C1=CN=C2SC=CN2C1.Cl. The number of hydrogen-bond acceptors (Lipinski definition) is 3. The number of nitrogens with zero attached hydrogens (tertiary/aromatic N) is 2. The maximum Gasteiger partial charge on any atom is 0.172 e. The fourth-order valence-electron chi connectivity index (χ4n) is 0.817. The van der Waals surface area contributed by atoms with Crippen molar-refractivity contribution in [3.8, 4) is 0 Å². The first-order chi connectivity index (χ1) is 4.47. The molecular weight excluding hydrogens is 168 g/mol. The van der Waals surface area contributed by atoms with E-state index in [0.717, 1.165) is 11.7 Å². The Labute approximate surface area is 70.1 Å². The molecule has 0 N–H and O–H groups in total. The average Bonchev–Trinajstić information content (AvgIpc) is 2.33. The van der Waals surface area contributed by atoms with Gasteiger partial charge in [-0.25, -0.2) is 4.99 Å². The molecule has 4 heteroatoms. The van der Waals surface area contributed by atoms with Crippen molar-refractivity contribution >= 4 is 29.3 Å². The first-order valence-electron chi connectivity index (χ1n) is 2.79. The first kappa shape index (κ1) is 7.69. The molecular formula is C6H7ClN2S. The summed E-state index contributed by atoms with van der Waals surface area (Å²) in [6.07, 6.45) is 5.94. The van der Waals surface area contributed by atoms with Crippen LogP contribution in [-0.2, 0) is 0 Å². The molecule has 0 saturated heterocycles. The lowest BCUT2D eigenvalue weighted by atomic mass is 10.5. The van der Waals surface area contributed by atoms with Gasteiger partial charge in [-0.05, 0) is 11.5 Å². The van der Waals surface area contributed by atoms with Crippen LogP contribution in [0.25, 0.3) is 0 Å². The van der Waals surface area contributed by atoms with Gasteiger partial charge in [0, 0.05) is 18.9 Å². The second-order valence-corrected chi connectivity index (χ2v) is 2.72. The number of halogens is 1. The molecule has 0 amide bonds. The normalized spacial score (nSPS) is 20.0. The van der Waals surface area contributed by atoms with Crippen molar-refractivity contribution < 1.29 is 0 Å². The summed E-state index contributed by atoms with van der Waals surface area (Å²) in [5.41, 5.74) is 0. The molecule has 2 aliphatic rings. The highest BCUT2D eigenvalue weighted by Crippen LogP contribution is 2.20. The summed E-state index contributed by atoms with van der Waals surface area (Å²) in [5.74, 6) is 0. The second-order valence-electron chi connectivity index (χ2n) is 1.85. The van der Waals surface area contributed by atoms with E-state index in [4.69, 9.17) is 0 Å². The Kier molecular flexibility index (Phi) is 2.40. The van der Waals surface area contributed by atoms with Gasteiger partial charge in [-0.3, -0.25) is 0 Å². The summed E-state index contributed by atoms with van der Waals surface area (Å²) in [5, 5.41) is 3.14. The van der Waals surface area contributed by atoms with E-state index < -0.39 is 0 Å². The number of amidine groups is 1. The topological polar surface area (TPSA) is 15.6 Å². The van der Waals surface area contributed by atoms with Crippen LogP contribution < -0.4 is 0 Å². The highest BCUT2D eigenvalue weighted by molar-refractivity contribution is 8.16. The lowest BCUT2D eigenvalue weighted by Gasteiger charge is -2.15. The molecule has 0 spiro atoms. The van der Waals surface area contributed by atoms with Crippen LogP contribution in [0.4, 0.5) is 0 Å². The Morgan fingerprint density at radius 1 is 1.60 bits per heavy atom. The van der Waals surface area contributed by atoms with E-state index in [2.05, 4.69) is 9.89 Å². The molecule has 2 rings (SSSR count). The zero-order valence-electron chi connectivity index (χ0n) is 5.23. The summed E-state index contributed by atoms with van der Waals surface area (Å²) in [4.78, 5) is 6.27. The average molecular weight is 175 g/mol. The van der Waals surface area contributed by atoms with Crippen LogP contribution in [0.2, 0.25) is 0 Å². The Morgan fingerprint density at radius 3 is 3.30 bits per heavy atom. The van der Waals surface area contributed by atoms with Crippen molar-refractivity contribution in [3.63, 3.8) is 0 Å². The van der Waals surface area contributed by atoms with Crippen molar-refractivity contribution in [3.05, 3.63) is 23.9 Å². The summed E-state index contributed by atoms with van der Waals surface area (Å²) in [6, 6.07) is 0. The summed E-state index contributed by atoms with van der Waals surface area (Å²) < 4.78 is 0. The molecule has 0 unspecified atom stereocenters. The largest absolute Gasteiger partial charge is 0.323 e. The van der Waals surface area contributed by atoms with Crippen LogP contribution in [0.5, 0.6) is 0 Å². The first-order valence-corrected chi connectivity index (χ1v) is 3.67. The monoisotopic (exact) mass is 174 g/mol. The highest BCUT2D eigenvalue weighted by Gasteiger charge is 2.13. The Morgan fingerprint density at radius 2 is 2.50 bits per heavy atom. The van der Waals surface area contributed by atoms with Gasteiger partial charge in [0.05, 0.1) is 0 Å². The van der Waals surface area contributed by atoms with Gasteiger partial charge < -0.3 is 4.90 Å². The molecule has 54 valence electrons. The third kappa shape index (κ3) is 1.20. The van der Waals surface area contributed by atoms with Gasteiger partial charge in [-0.1, -0.05) is 11.8 Å². The Bertz CT molecular complexity index is 210. The molecule has 0 saturated carbocycles. The van der Waals surface area contributed by atoms with E-state index >= 15 is 0 Å². The van der Waals surface area contributed by atoms with Gasteiger partial charge in [0.25, 0.3) is 0 Å². The third-order valence-electron chi connectivity index (χ3n) is 1.25. The van der Waals surface area contributed by atoms with Gasteiger partial charge in [0.15, 0.2) is 5.17 Å². The molecule has 0 atom stereocenters. The van der Waals surface area contributed by atoms with E-state index in [1.165, 1.54) is 0 Å². The molecule has 10 heavy (non-hydrogen) atoms. The van der Waals surface area contributed by atoms with E-state index in [0.29, 0.717) is 0 Å². The molecule has 2 heterocycles. The summed E-state index contributed by atoms with van der Waals surface area (Å²) >= 11 is 1.67. The minimum atomic E-state index is 0. The summed E-state index contributed by atoms with van der Waals surface area (Å²) in [7, 11) is 0. The van der Waals surface area contributed by atoms with Gasteiger partial charge >= 0.3 is 0 Å². The van der Waals surface area contributed by atoms with Crippen LogP contribution >= 0.6 is 24.2 Å². The van der Waals surface area contributed by atoms with Crippen molar-refractivity contribution in [1.82, 2.24) is 4.90 Å². The van der Waals surface area contributed by atoms with Gasteiger partial charge in [0.2, 0.25) is 0 Å². The van der Waals surface area contributed by atoms with Crippen LogP contribution in [0.15, 0.2) is 28.9 Å². The van der Waals surface area contributed by atoms with Crippen LogP contribution in [0.1, 0.15) is 0 Å². The molecule has 0 aliphatic carbocycles. The predicted octanol–water partition coefficient (Wildman–Crippen LogP) is 1.81. The zero-order valence-corrected chi connectivity index (χ0v) is 6.86. The van der Waals surface area contributed by atoms with Crippen molar-refractivity contribution in [1.29, 1.82) is 0 Å². The quantitative estimate of drug-likeness (QED) is 0.557. The molecule has 2 aliphatic heterocycles. The number of hydrogen-bond donors (Lipinski definition) is 0. The molecule has 0 fully saturated rings. The smallest absolute Gasteiger partial charge is 0.172 e. The molecule has 2 nitrogen and oxygen atoms in total. The Balaban J connectivity index is 0.000000500. The fraction of sp³-hybridized carbons (Fsp3) is 0.167. The highest BCUT2D eigenvalue weighted by atomic mass is 35.5. The second kappa shape index (κ2) is 3.12. The van der Waals surface area contributed by atoms with Gasteiger partial charge in [-0.2, -0.15) is 0 Å². The number of thioether (sulfide) groups is 1. The van der Waals surface area contributed by atoms with Gasteiger partial charge in [-0.15, -0.1) is 12.4 Å². The minimum absolute atomic E-state index is 0. The standard InChI is InChI=1S/C6H6N2S.ClH/c1-2-7-6-8(3-1)4-5-9-6;/h1-2,4-5H,3H2;1H.